The molecule has 1 saturated carbocycles. The van der Waals surface area contributed by atoms with Crippen molar-refractivity contribution >= 4 is 11.9 Å². The van der Waals surface area contributed by atoms with E-state index in [0.29, 0.717) is 25.6 Å². The summed E-state index contributed by atoms with van der Waals surface area (Å²) < 4.78 is 5.04. The Hall–Kier alpha value is -1.10. The van der Waals surface area contributed by atoms with E-state index < -0.39 is 0 Å². The topological polar surface area (TPSA) is 67.4 Å². The van der Waals surface area contributed by atoms with Crippen molar-refractivity contribution in [3.8, 4) is 0 Å². The molecule has 1 amide bonds. The first-order valence-corrected chi connectivity index (χ1v) is 7.72. The summed E-state index contributed by atoms with van der Waals surface area (Å²) in [5.74, 6) is 0.0295. The third-order valence-corrected chi connectivity index (χ3v) is 3.62. The third-order valence-electron chi connectivity index (χ3n) is 3.62. The maximum atomic E-state index is 11.8. The first-order valence-electron chi connectivity index (χ1n) is 7.72. The second-order valence-electron chi connectivity index (χ2n) is 5.73. The second kappa shape index (κ2) is 8.95. The molecule has 5 heteroatoms. The van der Waals surface area contributed by atoms with E-state index in [-0.39, 0.29) is 23.8 Å². The third kappa shape index (κ3) is 6.37. The first-order chi connectivity index (χ1) is 9.52. The second-order valence-corrected chi connectivity index (χ2v) is 5.73. The summed E-state index contributed by atoms with van der Waals surface area (Å²) in [6, 6.07) is 0.620. The molecule has 0 aromatic carbocycles. The first kappa shape index (κ1) is 17.0. The van der Waals surface area contributed by atoms with Crippen LogP contribution in [0.4, 0.5) is 0 Å². The SMILES string of the molecule is CCOC(=O)C1CCC(NC(=O)CCNC(C)C)CC1. The van der Waals surface area contributed by atoms with Crippen LogP contribution in [-0.4, -0.2) is 37.1 Å². The number of carbonyl (C=O) groups excluding carboxylic acids is 2. The highest BCUT2D eigenvalue weighted by atomic mass is 16.5. The van der Waals surface area contributed by atoms with Crippen LogP contribution in [0, 0.1) is 5.92 Å². The smallest absolute Gasteiger partial charge is 0.308 e. The minimum atomic E-state index is -0.0848. The van der Waals surface area contributed by atoms with Crippen molar-refractivity contribution in [3.05, 3.63) is 0 Å². The van der Waals surface area contributed by atoms with E-state index in [4.69, 9.17) is 4.74 Å². The normalized spacial score (nSPS) is 22.6. The highest BCUT2D eigenvalue weighted by Crippen LogP contribution is 2.25. The van der Waals surface area contributed by atoms with Crippen LogP contribution >= 0.6 is 0 Å². The molecule has 0 bridgehead atoms. The Balaban J connectivity index is 2.18. The summed E-state index contributed by atoms with van der Waals surface area (Å²) in [6.45, 7) is 7.11. The maximum Gasteiger partial charge on any atom is 0.308 e. The van der Waals surface area contributed by atoms with Crippen LogP contribution in [0.2, 0.25) is 0 Å². The number of amides is 1. The van der Waals surface area contributed by atoms with E-state index in [1.54, 1.807) is 0 Å². The highest BCUT2D eigenvalue weighted by Gasteiger charge is 2.27. The fourth-order valence-electron chi connectivity index (χ4n) is 2.51. The van der Waals surface area contributed by atoms with Crippen LogP contribution in [0.3, 0.4) is 0 Å². The molecule has 1 aliphatic carbocycles. The van der Waals surface area contributed by atoms with Gasteiger partial charge in [0.05, 0.1) is 12.5 Å². The quantitative estimate of drug-likeness (QED) is 0.697. The van der Waals surface area contributed by atoms with Crippen LogP contribution in [0.1, 0.15) is 52.9 Å². The molecule has 2 N–H and O–H groups in total. The van der Waals surface area contributed by atoms with Gasteiger partial charge in [-0.1, -0.05) is 13.8 Å². The van der Waals surface area contributed by atoms with Gasteiger partial charge < -0.3 is 15.4 Å². The predicted octanol–water partition coefficient (Wildman–Crippen LogP) is 1.61. The van der Waals surface area contributed by atoms with Crippen molar-refractivity contribution in [3.63, 3.8) is 0 Å². The van der Waals surface area contributed by atoms with Crippen molar-refractivity contribution in [2.45, 2.75) is 65.0 Å². The van der Waals surface area contributed by atoms with Crippen molar-refractivity contribution in [2.75, 3.05) is 13.2 Å². The van der Waals surface area contributed by atoms with Gasteiger partial charge in [-0.25, -0.2) is 0 Å². The number of esters is 1. The highest BCUT2D eigenvalue weighted by molar-refractivity contribution is 5.76. The van der Waals surface area contributed by atoms with Gasteiger partial charge in [-0.3, -0.25) is 9.59 Å². The Labute approximate surface area is 121 Å². The zero-order valence-electron chi connectivity index (χ0n) is 12.9. The van der Waals surface area contributed by atoms with Gasteiger partial charge in [0.1, 0.15) is 0 Å². The van der Waals surface area contributed by atoms with E-state index in [9.17, 15) is 9.59 Å². The number of ether oxygens (including phenoxy) is 1. The average molecular weight is 284 g/mol. The molecular formula is C15H28N2O3. The van der Waals surface area contributed by atoms with Crippen LogP contribution in [-0.2, 0) is 14.3 Å². The summed E-state index contributed by atoms with van der Waals surface area (Å²) in [5.41, 5.74) is 0. The minimum absolute atomic E-state index is 0.0192. The van der Waals surface area contributed by atoms with Crippen molar-refractivity contribution in [1.82, 2.24) is 10.6 Å². The molecule has 1 aliphatic rings. The largest absolute Gasteiger partial charge is 0.466 e. The molecule has 0 aromatic rings. The van der Waals surface area contributed by atoms with E-state index in [0.717, 1.165) is 25.7 Å². The molecule has 0 radical (unpaired) electrons. The Bertz CT molecular complexity index is 310. The Morgan fingerprint density at radius 1 is 1.20 bits per heavy atom. The van der Waals surface area contributed by atoms with Gasteiger partial charge in [0, 0.05) is 25.0 Å². The van der Waals surface area contributed by atoms with Gasteiger partial charge in [0.15, 0.2) is 0 Å². The summed E-state index contributed by atoms with van der Waals surface area (Å²) >= 11 is 0. The molecule has 0 atom stereocenters. The lowest BCUT2D eigenvalue weighted by Gasteiger charge is -2.27. The average Bonchev–Trinajstić information content (AvgIpc) is 2.39. The van der Waals surface area contributed by atoms with Crippen LogP contribution in [0.15, 0.2) is 0 Å². The fourth-order valence-corrected chi connectivity index (χ4v) is 2.51. The standard InChI is InChI=1S/C15H28N2O3/c1-4-20-15(19)12-5-7-13(8-6-12)17-14(18)9-10-16-11(2)3/h11-13,16H,4-10H2,1-3H3,(H,17,18). The van der Waals surface area contributed by atoms with Crippen LogP contribution < -0.4 is 10.6 Å². The van der Waals surface area contributed by atoms with E-state index in [2.05, 4.69) is 24.5 Å². The number of nitrogens with one attached hydrogen (secondary N) is 2. The van der Waals surface area contributed by atoms with E-state index in [1.165, 1.54) is 0 Å². The van der Waals surface area contributed by atoms with Gasteiger partial charge in [-0.2, -0.15) is 0 Å². The zero-order chi connectivity index (χ0) is 15.0. The molecule has 116 valence electrons. The van der Waals surface area contributed by atoms with E-state index >= 15 is 0 Å². The zero-order valence-corrected chi connectivity index (χ0v) is 12.9. The summed E-state index contributed by atoms with van der Waals surface area (Å²) in [7, 11) is 0. The van der Waals surface area contributed by atoms with Gasteiger partial charge in [0.25, 0.3) is 0 Å². The molecule has 5 nitrogen and oxygen atoms in total. The molecule has 20 heavy (non-hydrogen) atoms. The molecule has 0 unspecified atom stereocenters. The predicted molar refractivity (Wildman–Crippen MR) is 78.3 cm³/mol. The number of rotatable bonds is 7. The minimum Gasteiger partial charge on any atom is -0.466 e. The molecule has 0 saturated heterocycles. The molecular weight excluding hydrogens is 256 g/mol. The number of hydrogen-bond acceptors (Lipinski definition) is 4. The summed E-state index contributed by atoms with van der Waals surface area (Å²) in [5, 5.41) is 6.28. The van der Waals surface area contributed by atoms with Gasteiger partial charge in [0.2, 0.25) is 5.91 Å². The van der Waals surface area contributed by atoms with Crippen molar-refractivity contribution in [1.29, 1.82) is 0 Å². The van der Waals surface area contributed by atoms with Gasteiger partial charge in [-0.15, -0.1) is 0 Å². The molecule has 1 fully saturated rings. The molecule has 0 aromatic heterocycles. The Morgan fingerprint density at radius 3 is 2.40 bits per heavy atom. The molecule has 1 rings (SSSR count). The fraction of sp³-hybridized carbons (Fsp3) is 0.867. The lowest BCUT2D eigenvalue weighted by atomic mass is 9.86. The van der Waals surface area contributed by atoms with Crippen LogP contribution in [0.5, 0.6) is 0 Å². The summed E-state index contributed by atoms with van der Waals surface area (Å²) in [6.07, 6.45) is 3.87. The summed E-state index contributed by atoms with van der Waals surface area (Å²) in [4.78, 5) is 23.4. The molecule has 0 spiro atoms. The monoisotopic (exact) mass is 284 g/mol. The van der Waals surface area contributed by atoms with Crippen molar-refractivity contribution < 1.29 is 14.3 Å². The lowest BCUT2D eigenvalue weighted by molar-refractivity contribution is -0.149. The van der Waals surface area contributed by atoms with E-state index in [1.807, 2.05) is 6.92 Å². The number of carbonyl (C=O) groups is 2. The Kier molecular flexibility index (Phi) is 7.59. The van der Waals surface area contributed by atoms with Crippen LogP contribution in [0.25, 0.3) is 0 Å². The van der Waals surface area contributed by atoms with Gasteiger partial charge in [-0.05, 0) is 32.6 Å². The van der Waals surface area contributed by atoms with Gasteiger partial charge >= 0.3 is 5.97 Å². The maximum absolute atomic E-state index is 11.8. The Morgan fingerprint density at radius 2 is 1.85 bits per heavy atom. The lowest BCUT2D eigenvalue weighted by Crippen LogP contribution is -2.40. The van der Waals surface area contributed by atoms with Crippen molar-refractivity contribution in [2.24, 2.45) is 5.92 Å². The molecule has 0 aliphatic heterocycles. The molecule has 0 heterocycles. The number of hydrogen-bond donors (Lipinski definition) is 2.